The van der Waals surface area contributed by atoms with Crippen LogP contribution in [0.3, 0.4) is 0 Å². The molecule has 0 saturated heterocycles. The molecule has 0 amide bonds. The van der Waals surface area contributed by atoms with Crippen molar-refractivity contribution in [2.45, 2.75) is 18.3 Å². The van der Waals surface area contributed by atoms with Gasteiger partial charge in [0, 0.05) is 10.9 Å². The lowest BCUT2D eigenvalue weighted by molar-refractivity contribution is 0.152. The van der Waals surface area contributed by atoms with Crippen molar-refractivity contribution in [1.82, 2.24) is 0 Å². The van der Waals surface area contributed by atoms with Crippen LogP contribution in [-0.2, 0) is 0 Å². The van der Waals surface area contributed by atoms with Crippen LogP contribution in [-0.4, -0.2) is 6.10 Å². The van der Waals surface area contributed by atoms with E-state index in [0.29, 0.717) is 27.5 Å². The molecule has 0 bridgehead atoms. The van der Waals surface area contributed by atoms with Crippen molar-refractivity contribution >= 4 is 34.3 Å². The summed E-state index contributed by atoms with van der Waals surface area (Å²) < 4.78 is 12.0. The summed E-state index contributed by atoms with van der Waals surface area (Å²) in [6, 6.07) is 5.07. The van der Waals surface area contributed by atoms with E-state index in [1.165, 1.54) is 0 Å². The molecule has 3 unspecified atom stereocenters. The zero-order chi connectivity index (χ0) is 15.4. The number of rotatable bonds is 1. The average molecular weight is 333 g/mol. The van der Waals surface area contributed by atoms with Crippen molar-refractivity contribution in [3.8, 4) is 5.75 Å². The number of hydrogen-bond acceptors (Lipinski definition) is 4. The lowest BCUT2D eigenvalue weighted by Crippen LogP contribution is -2.35. The standard InChI is InChI=1S/C17H13ClO3S/c1-8(2)14-10-5-6-22-17(10)16-15(21-14)13(19)11-7-9(18)3-4-12(11)20-16/h3-7,10,14,17H,1H2,2H3. The first kappa shape index (κ1) is 14.0. The van der Waals surface area contributed by atoms with Crippen LogP contribution in [0, 0.1) is 5.92 Å². The van der Waals surface area contributed by atoms with E-state index in [0.717, 1.165) is 5.57 Å². The molecule has 5 heteroatoms. The van der Waals surface area contributed by atoms with Gasteiger partial charge in [0.05, 0.1) is 10.6 Å². The second-order valence-corrected chi connectivity index (χ2v) is 7.10. The van der Waals surface area contributed by atoms with Crippen LogP contribution in [0.25, 0.3) is 11.0 Å². The highest BCUT2D eigenvalue weighted by Gasteiger charge is 2.43. The smallest absolute Gasteiger partial charge is 0.234 e. The van der Waals surface area contributed by atoms with Gasteiger partial charge in [0.1, 0.15) is 11.7 Å². The van der Waals surface area contributed by atoms with Crippen LogP contribution in [0.4, 0.5) is 0 Å². The molecule has 3 atom stereocenters. The Balaban J connectivity index is 1.99. The number of thioether (sulfide) groups is 1. The minimum absolute atomic E-state index is 0.0539. The number of ether oxygens (including phenoxy) is 1. The van der Waals surface area contributed by atoms with E-state index >= 15 is 0 Å². The maximum atomic E-state index is 12.8. The molecule has 0 N–H and O–H groups in total. The highest BCUT2D eigenvalue weighted by atomic mass is 35.5. The van der Waals surface area contributed by atoms with Crippen molar-refractivity contribution in [3.63, 3.8) is 0 Å². The summed E-state index contributed by atoms with van der Waals surface area (Å²) in [5, 5.41) is 3.04. The van der Waals surface area contributed by atoms with Crippen molar-refractivity contribution in [3.05, 3.63) is 62.8 Å². The molecule has 0 radical (unpaired) electrons. The predicted octanol–water partition coefficient (Wildman–Crippen LogP) is 4.70. The van der Waals surface area contributed by atoms with E-state index in [9.17, 15) is 4.79 Å². The summed E-state index contributed by atoms with van der Waals surface area (Å²) in [5.41, 5.74) is 1.27. The van der Waals surface area contributed by atoms with Gasteiger partial charge in [0.15, 0.2) is 5.76 Å². The molecule has 22 heavy (non-hydrogen) atoms. The molecule has 0 aliphatic carbocycles. The van der Waals surface area contributed by atoms with Crippen molar-refractivity contribution in [2.24, 2.45) is 5.92 Å². The van der Waals surface area contributed by atoms with Gasteiger partial charge >= 0.3 is 0 Å². The molecule has 2 aliphatic rings. The van der Waals surface area contributed by atoms with Gasteiger partial charge in [-0.3, -0.25) is 4.79 Å². The fourth-order valence-electron chi connectivity index (χ4n) is 3.01. The predicted molar refractivity (Wildman–Crippen MR) is 89.7 cm³/mol. The lowest BCUT2D eigenvalue weighted by atomic mass is 9.90. The zero-order valence-electron chi connectivity index (χ0n) is 11.8. The molecule has 2 aliphatic heterocycles. The van der Waals surface area contributed by atoms with Crippen LogP contribution in [0.1, 0.15) is 17.9 Å². The third kappa shape index (κ3) is 1.94. The Kier molecular flexibility index (Phi) is 3.13. The summed E-state index contributed by atoms with van der Waals surface area (Å²) in [5.74, 6) is 1.04. The first-order valence-electron chi connectivity index (χ1n) is 6.96. The van der Waals surface area contributed by atoms with E-state index in [4.69, 9.17) is 20.8 Å². The van der Waals surface area contributed by atoms with Crippen LogP contribution in [0.5, 0.6) is 5.75 Å². The minimum atomic E-state index is -0.205. The normalized spacial score (nSPS) is 25.6. The highest BCUT2D eigenvalue weighted by Crippen LogP contribution is 2.52. The van der Waals surface area contributed by atoms with Crippen molar-refractivity contribution < 1.29 is 9.15 Å². The largest absolute Gasteiger partial charge is 0.478 e. The second-order valence-electron chi connectivity index (χ2n) is 5.61. The van der Waals surface area contributed by atoms with Crippen LogP contribution >= 0.6 is 23.4 Å². The molecule has 0 fully saturated rings. The molecule has 3 nitrogen and oxygen atoms in total. The maximum Gasteiger partial charge on any atom is 0.234 e. The average Bonchev–Trinajstić information content (AvgIpc) is 2.97. The fourth-order valence-corrected chi connectivity index (χ4v) is 4.32. The Morgan fingerprint density at radius 1 is 1.41 bits per heavy atom. The third-order valence-electron chi connectivity index (χ3n) is 4.05. The van der Waals surface area contributed by atoms with Crippen LogP contribution in [0.2, 0.25) is 5.02 Å². The number of fused-ring (bicyclic) bond motifs is 4. The quantitative estimate of drug-likeness (QED) is 0.709. The monoisotopic (exact) mass is 332 g/mol. The number of benzene rings is 1. The van der Waals surface area contributed by atoms with Gasteiger partial charge in [-0.25, -0.2) is 0 Å². The van der Waals surface area contributed by atoms with Crippen molar-refractivity contribution in [2.75, 3.05) is 0 Å². The molecule has 0 saturated carbocycles. The van der Waals surface area contributed by atoms with Crippen LogP contribution < -0.4 is 10.2 Å². The second kappa shape index (κ2) is 4.93. The zero-order valence-corrected chi connectivity index (χ0v) is 13.4. The summed E-state index contributed by atoms with van der Waals surface area (Å²) in [4.78, 5) is 12.8. The Morgan fingerprint density at radius 2 is 2.23 bits per heavy atom. The molecule has 1 aromatic heterocycles. The molecular weight excluding hydrogens is 320 g/mol. The van der Waals surface area contributed by atoms with E-state index in [1.807, 2.05) is 12.3 Å². The van der Waals surface area contributed by atoms with Gasteiger partial charge in [-0.2, -0.15) is 0 Å². The number of halogens is 1. The Morgan fingerprint density at radius 3 is 3.00 bits per heavy atom. The first-order chi connectivity index (χ1) is 10.6. The molecule has 4 rings (SSSR count). The van der Waals surface area contributed by atoms with E-state index in [1.54, 1.807) is 30.0 Å². The molecular formula is C17H13ClO3S. The van der Waals surface area contributed by atoms with E-state index in [2.05, 4.69) is 12.7 Å². The van der Waals surface area contributed by atoms with E-state index in [-0.39, 0.29) is 22.7 Å². The van der Waals surface area contributed by atoms with Gasteiger partial charge in [0.25, 0.3) is 0 Å². The molecule has 112 valence electrons. The van der Waals surface area contributed by atoms with Gasteiger partial charge in [-0.05, 0) is 36.1 Å². The summed E-state index contributed by atoms with van der Waals surface area (Å²) >= 11 is 7.64. The summed E-state index contributed by atoms with van der Waals surface area (Å²) in [6.45, 7) is 5.92. The van der Waals surface area contributed by atoms with Gasteiger partial charge in [-0.1, -0.05) is 24.3 Å². The topological polar surface area (TPSA) is 39.4 Å². The van der Waals surface area contributed by atoms with Crippen molar-refractivity contribution in [1.29, 1.82) is 0 Å². The van der Waals surface area contributed by atoms with Gasteiger partial charge < -0.3 is 9.15 Å². The lowest BCUT2D eigenvalue weighted by Gasteiger charge is -2.33. The Bertz CT molecular complexity index is 883. The minimum Gasteiger partial charge on any atom is -0.478 e. The number of hydrogen-bond donors (Lipinski definition) is 0. The molecule has 1 aromatic carbocycles. The summed E-state index contributed by atoms with van der Waals surface area (Å²) in [7, 11) is 0. The van der Waals surface area contributed by atoms with Gasteiger partial charge in [-0.15, -0.1) is 11.8 Å². The van der Waals surface area contributed by atoms with Gasteiger partial charge in [0.2, 0.25) is 11.2 Å². The molecule has 3 heterocycles. The maximum absolute atomic E-state index is 12.8. The Hall–Kier alpha value is -1.65. The highest BCUT2D eigenvalue weighted by molar-refractivity contribution is 8.02. The third-order valence-corrected chi connectivity index (χ3v) is 5.42. The fraction of sp³-hybridized carbons (Fsp3) is 0.235. The SMILES string of the molecule is C=C(C)C1Oc2c(oc3ccc(Cl)cc3c2=O)C2SC=CC12. The van der Waals surface area contributed by atoms with E-state index < -0.39 is 0 Å². The Labute approximate surface area is 136 Å². The van der Waals surface area contributed by atoms with Crippen LogP contribution in [0.15, 0.2) is 51.0 Å². The molecule has 2 aromatic rings. The first-order valence-corrected chi connectivity index (χ1v) is 8.29. The molecule has 0 spiro atoms. The summed E-state index contributed by atoms with van der Waals surface area (Å²) in [6.07, 6.45) is 1.90.